The number of aliphatic imine (C=N–C) groups is 1. The van der Waals surface area contributed by atoms with Crippen molar-refractivity contribution in [2.75, 3.05) is 10.6 Å². The fourth-order valence-corrected chi connectivity index (χ4v) is 3.89. The summed E-state index contributed by atoms with van der Waals surface area (Å²) in [5, 5.41) is 9.99. The number of carbonyl (C=O) groups is 1. The van der Waals surface area contributed by atoms with Gasteiger partial charge in [0.1, 0.15) is 0 Å². The van der Waals surface area contributed by atoms with Crippen molar-refractivity contribution >= 4 is 29.1 Å². The van der Waals surface area contributed by atoms with Gasteiger partial charge in [-0.2, -0.15) is 0 Å². The zero-order valence-corrected chi connectivity index (χ0v) is 17.9. The minimum atomic E-state index is -0.150. The van der Waals surface area contributed by atoms with Crippen LogP contribution in [0.3, 0.4) is 0 Å². The van der Waals surface area contributed by atoms with Crippen LogP contribution in [0.2, 0.25) is 0 Å². The average molecular weight is 404 g/mol. The molecular weight excluding hydrogens is 374 g/mol. The molecule has 6 nitrogen and oxygen atoms in total. The van der Waals surface area contributed by atoms with Crippen molar-refractivity contribution in [1.82, 2.24) is 5.32 Å². The van der Waals surface area contributed by atoms with Crippen LogP contribution in [0.4, 0.5) is 17.1 Å². The van der Waals surface area contributed by atoms with Gasteiger partial charge >= 0.3 is 0 Å². The second-order valence-corrected chi connectivity index (χ2v) is 8.99. The highest BCUT2D eigenvalue weighted by Crippen LogP contribution is 2.35. The number of nitrogens with two attached hydrogens (primary N) is 1. The van der Waals surface area contributed by atoms with E-state index in [0.29, 0.717) is 11.3 Å². The summed E-state index contributed by atoms with van der Waals surface area (Å²) >= 11 is 0. The minimum Gasteiger partial charge on any atom is -0.404 e. The van der Waals surface area contributed by atoms with Crippen LogP contribution < -0.4 is 21.7 Å². The molecule has 0 saturated heterocycles. The molecule has 6 heteroatoms. The van der Waals surface area contributed by atoms with Gasteiger partial charge in [0.15, 0.2) is 0 Å². The standard InChI is InChI=1S/C24H29N5O/c1-14-27-20-8-6-18(11-21(20)28-14)26-13-16(12-25)23(30)22-10-15-9-17(24(2,3)4)5-7-19(15)29-22/h5-6,8-14,19,27-29H,7,25H2,1-4H3. The molecule has 4 rings (SSSR count). The van der Waals surface area contributed by atoms with Crippen molar-refractivity contribution in [3.63, 3.8) is 0 Å². The number of hydrogen-bond donors (Lipinski definition) is 4. The number of anilines is 2. The lowest BCUT2D eigenvalue weighted by atomic mass is 9.81. The van der Waals surface area contributed by atoms with Crippen molar-refractivity contribution < 1.29 is 4.79 Å². The summed E-state index contributed by atoms with van der Waals surface area (Å²) in [6.07, 6.45) is 10.3. The van der Waals surface area contributed by atoms with Gasteiger partial charge in [-0.05, 0) is 54.2 Å². The molecule has 0 radical (unpaired) electrons. The van der Waals surface area contributed by atoms with E-state index in [9.17, 15) is 4.79 Å². The Morgan fingerprint density at radius 1 is 1.17 bits per heavy atom. The third-order valence-corrected chi connectivity index (χ3v) is 5.59. The van der Waals surface area contributed by atoms with E-state index in [0.717, 1.165) is 29.1 Å². The van der Waals surface area contributed by atoms with Gasteiger partial charge in [0.2, 0.25) is 5.78 Å². The van der Waals surface area contributed by atoms with Crippen LogP contribution in [0.25, 0.3) is 0 Å². The fourth-order valence-electron chi connectivity index (χ4n) is 3.89. The van der Waals surface area contributed by atoms with E-state index in [1.165, 1.54) is 18.0 Å². The van der Waals surface area contributed by atoms with Crippen LogP contribution >= 0.6 is 0 Å². The molecule has 0 saturated carbocycles. The zero-order valence-electron chi connectivity index (χ0n) is 17.9. The lowest BCUT2D eigenvalue weighted by Crippen LogP contribution is -2.29. The Kier molecular flexibility index (Phi) is 5.02. The van der Waals surface area contributed by atoms with Gasteiger partial charge in [0.05, 0.1) is 40.5 Å². The largest absolute Gasteiger partial charge is 0.404 e. The number of nitrogens with one attached hydrogen (secondary N) is 3. The van der Waals surface area contributed by atoms with E-state index in [1.54, 1.807) is 0 Å². The Balaban J connectivity index is 1.50. The third-order valence-electron chi connectivity index (χ3n) is 5.59. The van der Waals surface area contributed by atoms with Gasteiger partial charge in [-0.3, -0.25) is 9.79 Å². The number of fused-ring (bicyclic) bond motifs is 2. The number of Topliss-reactive ketones (excluding diaryl/α,β-unsaturated/α-hetero) is 1. The molecule has 2 aliphatic heterocycles. The maximum Gasteiger partial charge on any atom is 0.211 e. The number of ketones is 1. The summed E-state index contributed by atoms with van der Waals surface area (Å²) in [4.78, 5) is 17.5. The van der Waals surface area contributed by atoms with Crippen molar-refractivity contribution in [3.8, 4) is 0 Å². The lowest BCUT2D eigenvalue weighted by molar-refractivity contribution is -0.112. The second kappa shape index (κ2) is 7.52. The maximum atomic E-state index is 13.0. The Morgan fingerprint density at radius 2 is 1.93 bits per heavy atom. The number of carbonyl (C=O) groups excluding carboxylic acids is 1. The molecule has 2 heterocycles. The molecule has 1 aromatic rings. The van der Waals surface area contributed by atoms with Crippen LogP contribution in [0.15, 0.2) is 70.0 Å². The SMILES string of the molecule is CC1Nc2ccc(N=CC(=CN)C(=O)C3=CC4=CC(C(C)(C)C)=CCC4N3)cc2N1. The van der Waals surface area contributed by atoms with Crippen molar-refractivity contribution in [2.45, 2.75) is 46.3 Å². The Bertz CT molecular complexity index is 1040. The number of benzene rings is 1. The van der Waals surface area contributed by atoms with E-state index in [2.05, 4.69) is 53.9 Å². The Hall–Kier alpha value is -3.28. The predicted octanol–water partition coefficient (Wildman–Crippen LogP) is 4.14. The summed E-state index contributed by atoms with van der Waals surface area (Å²) in [7, 11) is 0. The minimum absolute atomic E-state index is 0.0889. The van der Waals surface area contributed by atoms with Crippen LogP contribution in [-0.2, 0) is 4.79 Å². The van der Waals surface area contributed by atoms with Gasteiger partial charge in [-0.1, -0.05) is 32.9 Å². The Morgan fingerprint density at radius 3 is 2.67 bits per heavy atom. The predicted molar refractivity (Wildman–Crippen MR) is 124 cm³/mol. The van der Waals surface area contributed by atoms with E-state index in [-0.39, 0.29) is 23.4 Å². The highest BCUT2D eigenvalue weighted by atomic mass is 16.1. The summed E-state index contributed by atoms with van der Waals surface area (Å²) in [5.74, 6) is -0.150. The molecule has 1 aliphatic carbocycles. The molecule has 0 spiro atoms. The van der Waals surface area contributed by atoms with Crippen molar-refractivity contribution in [2.24, 2.45) is 16.1 Å². The lowest BCUT2D eigenvalue weighted by Gasteiger charge is -2.26. The van der Waals surface area contributed by atoms with Gasteiger partial charge < -0.3 is 21.7 Å². The van der Waals surface area contributed by atoms with Crippen LogP contribution in [-0.4, -0.2) is 24.2 Å². The number of rotatable bonds is 4. The zero-order chi connectivity index (χ0) is 21.5. The highest BCUT2D eigenvalue weighted by molar-refractivity contribution is 6.21. The monoisotopic (exact) mass is 403 g/mol. The molecule has 0 amide bonds. The first-order valence-electron chi connectivity index (χ1n) is 10.3. The highest BCUT2D eigenvalue weighted by Gasteiger charge is 2.29. The van der Waals surface area contributed by atoms with Crippen molar-refractivity contribution in [3.05, 3.63) is 65.0 Å². The molecule has 156 valence electrons. The van der Waals surface area contributed by atoms with Gasteiger partial charge in [0.25, 0.3) is 0 Å². The normalized spacial score (nSPS) is 22.9. The number of hydrogen-bond acceptors (Lipinski definition) is 6. The van der Waals surface area contributed by atoms with Crippen LogP contribution in [0.5, 0.6) is 0 Å². The molecule has 30 heavy (non-hydrogen) atoms. The molecule has 3 aliphatic rings. The molecular formula is C24H29N5O. The van der Waals surface area contributed by atoms with Gasteiger partial charge in [-0.15, -0.1) is 0 Å². The van der Waals surface area contributed by atoms with E-state index < -0.39 is 0 Å². The number of nitrogens with zero attached hydrogens (tertiary/aromatic N) is 1. The molecule has 0 fully saturated rings. The Labute approximate surface area is 177 Å². The first-order valence-corrected chi connectivity index (χ1v) is 10.3. The molecule has 0 aromatic heterocycles. The summed E-state index contributed by atoms with van der Waals surface area (Å²) in [6, 6.07) is 5.98. The third kappa shape index (κ3) is 3.90. The summed E-state index contributed by atoms with van der Waals surface area (Å²) < 4.78 is 0. The van der Waals surface area contributed by atoms with Crippen LogP contribution in [0, 0.1) is 5.41 Å². The second-order valence-electron chi connectivity index (χ2n) is 8.99. The van der Waals surface area contributed by atoms with Crippen LogP contribution in [0.1, 0.15) is 34.1 Å². The number of allylic oxidation sites excluding steroid dienone is 3. The fraction of sp³-hybridized carbons (Fsp3) is 0.333. The first kappa shape index (κ1) is 20.0. The molecule has 1 aromatic carbocycles. The quantitative estimate of drug-likeness (QED) is 0.448. The maximum absolute atomic E-state index is 13.0. The van der Waals surface area contributed by atoms with E-state index >= 15 is 0 Å². The molecule has 5 N–H and O–H groups in total. The van der Waals surface area contributed by atoms with E-state index in [4.69, 9.17) is 5.73 Å². The topological polar surface area (TPSA) is 91.5 Å². The van der Waals surface area contributed by atoms with Gasteiger partial charge in [-0.25, -0.2) is 0 Å². The first-order chi connectivity index (χ1) is 14.2. The molecule has 0 bridgehead atoms. The van der Waals surface area contributed by atoms with Gasteiger partial charge in [0, 0.05) is 12.4 Å². The summed E-state index contributed by atoms with van der Waals surface area (Å²) in [5.41, 5.74) is 12.0. The molecule has 2 unspecified atom stereocenters. The molecule has 2 atom stereocenters. The summed E-state index contributed by atoms with van der Waals surface area (Å²) in [6.45, 7) is 8.65. The smallest absolute Gasteiger partial charge is 0.211 e. The average Bonchev–Trinajstić information content (AvgIpc) is 3.28. The van der Waals surface area contributed by atoms with E-state index in [1.807, 2.05) is 31.2 Å². The van der Waals surface area contributed by atoms with Crippen molar-refractivity contribution in [1.29, 1.82) is 0 Å².